The molecular weight excluding hydrogens is 290 g/mol. The van der Waals surface area contributed by atoms with Gasteiger partial charge in [-0.05, 0) is 37.6 Å². The summed E-state index contributed by atoms with van der Waals surface area (Å²) in [5.74, 6) is -0.306. The van der Waals surface area contributed by atoms with Gasteiger partial charge in [-0.1, -0.05) is 23.7 Å². The van der Waals surface area contributed by atoms with Crippen LogP contribution in [0.25, 0.3) is 0 Å². The summed E-state index contributed by atoms with van der Waals surface area (Å²) >= 11 is 5.82. The molecule has 21 heavy (non-hydrogen) atoms. The highest BCUT2D eigenvalue weighted by Crippen LogP contribution is 2.19. The third-order valence-corrected chi connectivity index (χ3v) is 3.64. The molecule has 1 amide bonds. The van der Waals surface area contributed by atoms with Gasteiger partial charge in [-0.25, -0.2) is 0 Å². The molecule has 0 bridgehead atoms. The summed E-state index contributed by atoms with van der Waals surface area (Å²) in [5, 5.41) is 17.7. The molecule has 1 aromatic carbocycles. The molecule has 0 radical (unpaired) electrons. The number of aryl methyl sites for hydroxylation is 2. The lowest BCUT2D eigenvalue weighted by atomic mass is 10.0. The van der Waals surface area contributed by atoms with Crippen LogP contribution in [0, 0.1) is 6.92 Å². The van der Waals surface area contributed by atoms with E-state index in [2.05, 4.69) is 10.4 Å². The Morgan fingerprint density at radius 1 is 1.38 bits per heavy atom. The Morgan fingerprint density at radius 3 is 2.52 bits per heavy atom. The van der Waals surface area contributed by atoms with E-state index in [1.165, 1.54) is 0 Å². The zero-order chi connectivity index (χ0) is 15.6. The number of aromatic nitrogens is 2. The van der Waals surface area contributed by atoms with Gasteiger partial charge in [-0.2, -0.15) is 5.10 Å². The van der Waals surface area contributed by atoms with Crippen LogP contribution in [0.2, 0.25) is 5.02 Å². The molecule has 2 rings (SSSR count). The molecule has 0 fully saturated rings. The minimum Gasteiger partial charge on any atom is -0.386 e. The molecule has 0 saturated heterocycles. The number of aliphatic hydroxyl groups is 1. The number of benzene rings is 1. The molecule has 6 heteroatoms. The summed E-state index contributed by atoms with van der Waals surface area (Å²) in [6.07, 6.45) is -0.809. The third-order valence-electron chi connectivity index (χ3n) is 3.39. The lowest BCUT2D eigenvalue weighted by Gasteiger charge is -2.20. The van der Waals surface area contributed by atoms with Gasteiger partial charge in [0.2, 0.25) is 0 Å². The van der Waals surface area contributed by atoms with Gasteiger partial charge in [0, 0.05) is 17.8 Å². The van der Waals surface area contributed by atoms with Crippen LogP contribution >= 0.6 is 11.6 Å². The Bertz CT molecular complexity index is 617. The maximum Gasteiger partial charge on any atom is 0.272 e. The molecule has 2 aromatic rings. The lowest BCUT2D eigenvalue weighted by molar-refractivity contribution is 0.0846. The van der Waals surface area contributed by atoms with Gasteiger partial charge in [-0.3, -0.25) is 9.48 Å². The monoisotopic (exact) mass is 307 g/mol. The summed E-state index contributed by atoms with van der Waals surface area (Å²) in [4.78, 5) is 12.1. The van der Waals surface area contributed by atoms with Crippen LogP contribution in [0.3, 0.4) is 0 Å². The van der Waals surface area contributed by atoms with Gasteiger partial charge in [0.05, 0.1) is 12.1 Å². The maximum atomic E-state index is 12.1. The first-order valence-electron chi connectivity index (χ1n) is 6.63. The van der Waals surface area contributed by atoms with Gasteiger partial charge in [0.25, 0.3) is 5.91 Å². The molecule has 5 nitrogen and oxygen atoms in total. The van der Waals surface area contributed by atoms with Gasteiger partial charge in [0.1, 0.15) is 5.69 Å². The van der Waals surface area contributed by atoms with E-state index in [-0.39, 0.29) is 5.91 Å². The fourth-order valence-electron chi connectivity index (χ4n) is 1.98. The van der Waals surface area contributed by atoms with Crippen LogP contribution < -0.4 is 5.32 Å². The summed E-state index contributed by atoms with van der Waals surface area (Å²) in [5.41, 5.74) is 1.93. The predicted molar refractivity (Wildman–Crippen MR) is 81.3 cm³/mol. The predicted octanol–water partition coefficient (Wildman–Crippen LogP) is 2.23. The van der Waals surface area contributed by atoms with E-state index in [9.17, 15) is 9.90 Å². The van der Waals surface area contributed by atoms with E-state index >= 15 is 0 Å². The van der Waals surface area contributed by atoms with E-state index in [0.717, 1.165) is 5.69 Å². The molecule has 0 aliphatic carbocycles. The van der Waals surface area contributed by atoms with Gasteiger partial charge in [-0.15, -0.1) is 0 Å². The van der Waals surface area contributed by atoms with Crippen molar-refractivity contribution in [3.8, 4) is 0 Å². The maximum absolute atomic E-state index is 12.1. The molecule has 0 saturated carbocycles. The van der Waals surface area contributed by atoms with Crippen molar-refractivity contribution in [1.82, 2.24) is 15.1 Å². The highest BCUT2D eigenvalue weighted by molar-refractivity contribution is 6.30. The van der Waals surface area contributed by atoms with Gasteiger partial charge >= 0.3 is 0 Å². The number of aliphatic hydroxyl groups excluding tert-OH is 1. The Labute approximate surface area is 128 Å². The summed E-state index contributed by atoms with van der Waals surface area (Å²) in [6, 6.07) is 8.15. The fraction of sp³-hybridized carbons (Fsp3) is 0.333. The van der Waals surface area contributed by atoms with Crippen molar-refractivity contribution in [1.29, 1.82) is 0 Å². The minimum atomic E-state index is -0.809. The van der Waals surface area contributed by atoms with E-state index < -0.39 is 12.1 Å². The van der Waals surface area contributed by atoms with E-state index in [1.54, 1.807) is 49.0 Å². The fourth-order valence-corrected chi connectivity index (χ4v) is 2.11. The molecule has 2 atom stereocenters. The summed E-state index contributed by atoms with van der Waals surface area (Å²) in [7, 11) is 1.78. The minimum absolute atomic E-state index is 0.306. The quantitative estimate of drug-likeness (QED) is 0.910. The van der Waals surface area contributed by atoms with Crippen LogP contribution in [0.4, 0.5) is 0 Å². The topological polar surface area (TPSA) is 67.2 Å². The number of amides is 1. The van der Waals surface area contributed by atoms with Crippen molar-refractivity contribution in [2.75, 3.05) is 0 Å². The lowest BCUT2D eigenvalue weighted by Crippen LogP contribution is -2.37. The Kier molecular flexibility index (Phi) is 4.65. The van der Waals surface area contributed by atoms with Crippen molar-refractivity contribution in [3.63, 3.8) is 0 Å². The second-order valence-corrected chi connectivity index (χ2v) is 5.49. The molecule has 0 aliphatic rings. The summed E-state index contributed by atoms with van der Waals surface area (Å²) < 4.78 is 1.63. The molecule has 2 N–H and O–H groups in total. The first kappa shape index (κ1) is 15.5. The highest BCUT2D eigenvalue weighted by atomic mass is 35.5. The average molecular weight is 308 g/mol. The molecule has 1 heterocycles. The second kappa shape index (κ2) is 6.28. The molecule has 2 unspecified atom stereocenters. The van der Waals surface area contributed by atoms with Gasteiger partial charge < -0.3 is 10.4 Å². The second-order valence-electron chi connectivity index (χ2n) is 5.05. The highest BCUT2D eigenvalue weighted by Gasteiger charge is 2.20. The zero-order valence-corrected chi connectivity index (χ0v) is 12.9. The van der Waals surface area contributed by atoms with Crippen LogP contribution in [-0.4, -0.2) is 26.8 Å². The average Bonchev–Trinajstić information content (AvgIpc) is 2.79. The first-order chi connectivity index (χ1) is 9.88. The number of hydrogen-bond acceptors (Lipinski definition) is 3. The standard InChI is InChI=1S/C15H18ClN3O2/c1-9-8-13(18-19(9)3)15(21)17-10(2)14(20)11-4-6-12(16)7-5-11/h4-8,10,14,20H,1-3H3,(H,17,21). The normalized spacial score (nSPS) is 13.8. The molecule has 112 valence electrons. The van der Waals surface area contributed by atoms with E-state index in [4.69, 9.17) is 11.6 Å². The van der Waals surface area contributed by atoms with E-state index in [1.807, 2.05) is 6.92 Å². The van der Waals surface area contributed by atoms with Crippen molar-refractivity contribution < 1.29 is 9.90 Å². The van der Waals surface area contributed by atoms with Crippen molar-refractivity contribution in [3.05, 3.63) is 52.3 Å². The largest absolute Gasteiger partial charge is 0.386 e. The van der Waals surface area contributed by atoms with E-state index in [0.29, 0.717) is 16.3 Å². The van der Waals surface area contributed by atoms with Crippen molar-refractivity contribution in [2.24, 2.45) is 7.05 Å². The number of nitrogens with zero attached hydrogens (tertiary/aromatic N) is 2. The molecule has 0 spiro atoms. The molecule has 1 aromatic heterocycles. The third kappa shape index (κ3) is 3.62. The Morgan fingerprint density at radius 2 is 2.00 bits per heavy atom. The van der Waals surface area contributed by atoms with Crippen LogP contribution in [-0.2, 0) is 7.05 Å². The molecular formula is C15H18ClN3O2. The SMILES string of the molecule is Cc1cc(C(=O)NC(C)C(O)c2ccc(Cl)cc2)nn1C. The van der Waals surface area contributed by atoms with Crippen LogP contribution in [0.5, 0.6) is 0 Å². The van der Waals surface area contributed by atoms with Crippen LogP contribution in [0.15, 0.2) is 30.3 Å². The van der Waals surface area contributed by atoms with Crippen LogP contribution in [0.1, 0.15) is 34.8 Å². The number of nitrogens with one attached hydrogen (secondary N) is 1. The van der Waals surface area contributed by atoms with Crippen molar-refractivity contribution >= 4 is 17.5 Å². The Balaban J connectivity index is 2.04. The number of rotatable bonds is 4. The van der Waals surface area contributed by atoms with Gasteiger partial charge in [0.15, 0.2) is 0 Å². The smallest absolute Gasteiger partial charge is 0.272 e. The zero-order valence-electron chi connectivity index (χ0n) is 12.2. The number of carbonyl (C=O) groups excluding carboxylic acids is 1. The van der Waals surface area contributed by atoms with Crippen molar-refractivity contribution in [2.45, 2.75) is 26.0 Å². The Hall–Kier alpha value is -1.85. The molecule has 0 aliphatic heterocycles. The number of halogens is 1. The summed E-state index contributed by atoms with van der Waals surface area (Å²) in [6.45, 7) is 3.61. The number of carbonyl (C=O) groups is 1. The first-order valence-corrected chi connectivity index (χ1v) is 7.01. The number of hydrogen-bond donors (Lipinski definition) is 2.